The summed E-state index contributed by atoms with van der Waals surface area (Å²) < 4.78 is 13.0. The number of carboxylic acid groups (broad SMARTS) is 1. The summed E-state index contributed by atoms with van der Waals surface area (Å²) in [6, 6.07) is 0.577. The maximum atomic E-state index is 13.0. The van der Waals surface area contributed by atoms with E-state index in [4.69, 9.17) is 10.2 Å². The second-order valence-electron chi connectivity index (χ2n) is 3.47. The van der Waals surface area contributed by atoms with E-state index < -0.39 is 46.5 Å². The van der Waals surface area contributed by atoms with E-state index in [0.717, 1.165) is 12.1 Å². The first-order chi connectivity index (χ1) is 8.86. The monoisotopic (exact) mass is 272 g/mol. The molecule has 8 nitrogen and oxygen atoms in total. The van der Waals surface area contributed by atoms with E-state index in [-0.39, 0.29) is 0 Å². The predicted molar refractivity (Wildman–Crippen MR) is 59.0 cm³/mol. The quantitative estimate of drug-likeness (QED) is 0.507. The van der Waals surface area contributed by atoms with Crippen LogP contribution in [-0.2, 0) is 4.79 Å². The molecule has 0 spiro atoms. The molecular formula is C10H9FN2O6. The summed E-state index contributed by atoms with van der Waals surface area (Å²) in [7, 11) is 0. The maximum absolute atomic E-state index is 13.0. The zero-order valence-corrected chi connectivity index (χ0v) is 9.37. The lowest BCUT2D eigenvalue weighted by molar-refractivity contribution is -0.385. The molecule has 0 fully saturated rings. The van der Waals surface area contributed by atoms with Crippen LogP contribution in [0.3, 0.4) is 0 Å². The maximum Gasteiger partial charge on any atom is 0.328 e. The third-order valence-corrected chi connectivity index (χ3v) is 2.19. The Morgan fingerprint density at radius 3 is 2.58 bits per heavy atom. The van der Waals surface area contributed by atoms with E-state index in [0.29, 0.717) is 6.07 Å². The fourth-order valence-electron chi connectivity index (χ4n) is 1.27. The predicted octanol–water partition coefficient (Wildman–Crippen LogP) is -0.0908. The number of aliphatic hydroxyl groups excluding tert-OH is 1. The van der Waals surface area contributed by atoms with Crippen LogP contribution < -0.4 is 5.32 Å². The van der Waals surface area contributed by atoms with Crippen LogP contribution in [0, 0.1) is 15.9 Å². The molecule has 3 N–H and O–H groups in total. The summed E-state index contributed by atoms with van der Waals surface area (Å²) in [6.07, 6.45) is 0. The lowest BCUT2D eigenvalue weighted by atomic mass is 10.1. The van der Waals surface area contributed by atoms with Crippen molar-refractivity contribution in [2.24, 2.45) is 0 Å². The normalized spacial score (nSPS) is 11.7. The molecule has 9 heteroatoms. The summed E-state index contributed by atoms with van der Waals surface area (Å²) >= 11 is 0. The molecule has 1 aromatic rings. The van der Waals surface area contributed by atoms with E-state index >= 15 is 0 Å². The molecule has 0 aliphatic rings. The van der Waals surface area contributed by atoms with Crippen molar-refractivity contribution in [2.75, 3.05) is 6.61 Å². The molecule has 1 atom stereocenters. The van der Waals surface area contributed by atoms with E-state index in [1.54, 1.807) is 0 Å². The van der Waals surface area contributed by atoms with Gasteiger partial charge in [-0.3, -0.25) is 14.9 Å². The minimum absolute atomic E-state index is 0.615. The number of aliphatic hydroxyl groups is 1. The summed E-state index contributed by atoms with van der Waals surface area (Å²) in [6.45, 7) is -0.899. The van der Waals surface area contributed by atoms with Gasteiger partial charge in [-0.1, -0.05) is 0 Å². The van der Waals surface area contributed by atoms with Crippen molar-refractivity contribution in [3.05, 3.63) is 39.7 Å². The second kappa shape index (κ2) is 5.87. The number of hydrogen-bond donors (Lipinski definition) is 3. The van der Waals surface area contributed by atoms with E-state index in [1.807, 2.05) is 5.32 Å². The number of carboxylic acids is 1. The lowest BCUT2D eigenvalue weighted by Gasteiger charge is -2.11. The fourth-order valence-corrected chi connectivity index (χ4v) is 1.27. The van der Waals surface area contributed by atoms with Crippen molar-refractivity contribution in [3.63, 3.8) is 0 Å². The number of carbonyl (C=O) groups is 2. The van der Waals surface area contributed by atoms with Crippen LogP contribution in [0.5, 0.6) is 0 Å². The molecule has 0 aromatic heterocycles. The van der Waals surface area contributed by atoms with Gasteiger partial charge >= 0.3 is 5.97 Å². The smallest absolute Gasteiger partial charge is 0.328 e. The topological polar surface area (TPSA) is 130 Å². The molecule has 0 unspecified atom stereocenters. The van der Waals surface area contributed by atoms with Gasteiger partial charge in [0.2, 0.25) is 0 Å². The number of hydrogen-bond acceptors (Lipinski definition) is 5. The van der Waals surface area contributed by atoms with Crippen LogP contribution in [0.4, 0.5) is 10.1 Å². The lowest BCUT2D eigenvalue weighted by Crippen LogP contribution is -2.43. The highest BCUT2D eigenvalue weighted by molar-refractivity contribution is 6.00. The Morgan fingerprint density at radius 2 is 2.11 bits per heavy atom. The molecule has 0 saturated carbocycles. The molecule has 0 radical (unpaired) electrons. The van der Waals surface area contributed by atoms with Crippen LogP contribution >= 0.6 is 0 Å². The number of rotatable bonds is 5. The molecule has 0 aliphatic heterocycles. The highest BCUT2D eigenvalue weighted by Crippen LogP contribution is 2.19. The van der Waals surface area contributed by atoms with Crippen molar-refractivity contribution in [1.82, 2.24) is 5.32 Å². The Hall–Kier alpha value is -2.55. The molecule has 0 saturated heterocycles. The first-order valence-electron chi connectivity index (χ1n) is 4.95. The first kappa shape index (κ1) is 14.5. The molecule has 0 bridgehead atoms. The SMILES string of the molecule is O=C(N[C@H](CO)C(=O)O)c1cc(F)ccc1[N+](=O)[O-]. The largest absolute Gasteiger partial charge is 0.480 e. The van der Waals surface area contributed by atoms with Gasteiger partial charge < -0.3 is 15.5 Å². The van der Waals surface area contributed by atoms with Crippen LogP contribution in [0.2, 0.25) is 0 Å². The number of nitrogens with one attached hydrogen (secondary N) is 1. The molecule has 19 heavy (non-hydrogen) atoms. The summed E-state index contributed by atoms with van der Waals surface area (Å²) in [5.74, 6) is -3.56. The summed E-state index contributed by atoms with van der Waals surface area (Å²) in [5, 5.41) is 29.9. The van der Waals surface area contributed by atoms with Gasteiger partial charge in [0.05, 0.1) is 11.5 Å². The van der Waals surface area contributed by atoms with Crippen LogP contribution in [-0.4, -0.2) is 39.7 Å². The number of carbonyl (C=O) groups excluding carboxylic acids is 1. The number of nitrogens with zero attached hydrogens (tertiary/aromatic N) is 1. The molecule has 1 aromatic carbocycles. The zero-order chi connectivity index (χ0) is 14.6. The van der Waals surface area contributed by atoms with Gasteiger partial charge in [0.25, 0.3) is 11.6 Å². The number of nitro benzene ring substituents is 1. The number of halogens is 1. The highest BCUT2D eigenvalue weighted by atomic mass is 19.1. The molecule has 102 valence electrons. The first-order valence-corrected chi connectivity index (χ1v) is 4.95. The highest BCUT2D eigenvalue weighted by Gasteiger charge is 2.25. The van der Waals surface area contributed by atoms with E-state index in [2.05, 4.69) is 0 Å². The van der Waals surface area contributed by atoms with Gasteiger partial charge in [-0.2, -0.15) is 0 Å². The standard InChI is InChI=1S/C10H9FN2O6/c11-5-1-2-8(13(18)19)6(3-5)9(15)12-7(4-14)10(16)17/h1-3,7,14H,4H2,(H,12,15)(H,16,17)/t7-/m1/s1. The van der Waals surface area contributed by atoms with Crippen molar-refractivity contribution in [2.45, 2.75) is 6.04 Å². The molecule has 1 rings (SSSR count). The Balaban J connectivity index is 3.08. The third-order valence-electron chi connectivity index (χ3n) is 2.19. The molecule has 0 aliphatic carbocycles. The average Bonchev–Trinajstić information content (AvgIpc) is 2.34. The van der Waals surface area contributed by atoms with Gasteiger partial charge in [-0.05, 0) is 12.1 Å². The Kier molecular flexibility index (Phi) is 4.48. The molecular weight excluding hydrogens is 263 g/mol. The van der Waals surface area contributed by atoms with Crippen LogP contribution in [0.1, 0.15) is 10.4 Å². The van der Waals surface area contributed by atoms with E-state index in [9.17, 15) is 24.1 Å². The summed E-state index contributed by atoms with van der Waals surface area (Å²) in [5.41, 5.74) is -1.29. The second-order valence-corrected chi connectivity index (χ2v) is 3.47. The number of amides is 1. The van der Waals surface area contributed by atoms with Crippen molar-refractivity contribution in [3.8, 4) is 0 Å². The number of benzene rings is 1. The van der Waals surface area contributed by atoms with Gasteiger partial charge in [-0.25, -0.2) is 9.18 Å². The van der Waals surface area contributed by atoms with Crippen molar-refractivity contribution in [1.29, 1.82) is 0 Å². The zero-order valence-electron chi connectivity index (χ0n) is 9.37. The fraction of sp³-hybridized carbons (Fsp3) is 0.200. The van der Waals surface area contributed by atoms with Crippen molar-refractivity contribution >= 4 is 17.6 Å². The molecule has 1 amide bonds. The average molecular weight is 272 g/mol. The Bertz CT molecular complexity index is 533. The van der Waals surface area contributed by atoms with Crippen LogP contribution in [0.25, 0.3) is 0 Å². The van der Waals surface area contributed by atoms with Gasteiger partial charge in [0, 0.05) is 6.07 Å². The van der Waals surface area contributed by atoms with E-state index in [1.165, 1.54) is 0 Å². The summed E-state index contributed by atoms with van der Waals surface area (Å²) in [4.78, 5) is 32.0. The van der Waals surface area contributed by atoms with Crippen LogP contribution in [0.15, 0.2) is 18.2 Å². The minimum Gasteiger partial charge on any atom is -0.480 e. The van der Waals surface area contributed by atoms with Gasteiger partial charge in [-0.15, -0.1) is 0 Å². The van der Waals surface area contributed by atoms with Gasteiger partial charge in [0.15, 0.2) is 6.04 Å². The molecule has 0 heterocycles. The van der Waals surface area contributed by atoms with Gasteiger partial charge in [0.1, 0.15) is 11.4 Å². The third kappa shape index (κ3) is 3.45. The minimum atomic E-state index is -1.63. The Morgan fingerprint density at radius 1 is 1.47 bits per heavy atom. The Labute approximate surface area is 105 Å². The van der Waals surface area contributed by atoms with Crippen molar-refractivity contribution < 1.29 is 29.1 Å². The number of nitro groups is 1. The number of aliphatic carboxylic acids is 1.